The molecule has 1 N–H and O–H groups in total. The van der Waals surface area contributed by atoms with Gasteiger partial charge in [0.1, 0.15) is 5.67 Å². The number of sulfone groups is 1. The Bertz CT molecular complexity index is 701. The maximum atomic E-state index is 15.1. The molecular weight excluding hydrogens is 269 g/mol. The van der Waals surface area contributed by atoms with Crippen LogP contribution in [0.2, 0.25) is 0 Å². The first-order valence-electron chi connectivity index (χ1n) is 5.87. The van der Waals surface area contributed by atoms with Crippen molar-refractivity contribution < 1.29 is 12.8 Å². The number of nitrogens with one attached hydrogen (secondary N) is 1. The van der Waals surface area contributed by atoms with E-state index >= 15 is 4.39 Å². The monoisotopic (exact) mass is 283 g/mol. The first kappa shape index (κ1) is 13.8. The fraction of sp³-hybridized carbons (Fsp3) is 0.462. The lowest BCUT2D eigenvalue weighted by molar-refractivity contribution is 0.0881. The Morgan fingerprint density at radius 3 is 2.84 bits per heavy atom. The summed E-state index contributed by atoms with van der Waals surface area (Å²) >= 11 is 0. The second-order valence-electron chi connectivity index (χ2n) is 4.90. The average Bonchev–Trinajstić information content (AvgIpc) is 2.35. The molecule has 102 valence electrons. The van der Waals surface area contributed by atoms with Crippen molar-refractivity contribution in [1.29, 1.82) is 0 Å². The number of pyridine rings is 1. The van der Waals surface area contributed by atoms with E-state index in [0.29, 0.717) is 5.56 Å². The third-order valence-electron chi connectivity index (χ3n) is 3.58. The molecule has 2 heterocycles. The van der Waals surface area contributed by atoms with Gasteiger partial charge in [0.05, 0.1) is 17.1 Å². The van der Waals surface area contributed by atoms with Crippen LogP contribution in [0, 0.1) is 18.3 Å². The number of hydrogen-bond donors (Lipinski definition) is 1. The predicted octanol–water partition coefficient (Wildman–Crippen LogP) is 0.976. The molecule has 0 bridgehead atoms. The van der Waals surface area contributed by atoms with Gasteiger partial charge in [0, 0.05) is 24.1 Å². The molecule has 4 nitrogen and oxygen atoms in total. The number of rotatable bonds is 1. The Labute approximate surface area is 111 Å². The van der Waals surface area contributed by atoms with Crippen LogP contribution in [-0.2, 0) is 15.5 Å². The zero-order valence-electron chi connectivity index (χ0n) is 10.4. The number of H-pyrrole nitrogens is 1. The molecule has 0 amide bonds. The van der Waals surface area contributed by atoms with E-state index in [0.717, 1.165) is 0 Å². The molecule has 2 rings (SSSR count). The minimum absolute atomic E-state index is 0.0784. The Kier molecular flexibility index (Phi) is 3.27. The molecule has 0 aliphatic carbocycles. The van der Waals surface area contributed by atoms with Gasteiger partial charge >= 0.3 is 0 Å². The fourth-order valence-electron chi connectivity index (χ4n) is 2.42. The molecule has 0 spiro atoms. The van der Waals surface area contributed by atoms with E-state index in [4.69, 9.17) is 6.42 Å². The van der Waals surface area contributed by atoms with Gasteiger partial charge in [-0.2, -0.15) is 0 Å². The highest BCUT2D eigenvalue weighted by atomic mass is 32.2. The summed E-state index contributed by atoms with van der Waals surface area (Å²) in [6.07, 6.45) is 6.35. The minimum atomic E-state index is -3.23. The van der Waals surface area contributed by atoms with E-state index in [1.54, 1.807) is 0 Å². The summed E-state index contributed by atoms with van der Waals surface area (Å²) in [5, 5.41) is 0. The van der Waals surface area contributed by atoms with E-state index in [-0.39, 0.29) is 23.5 Å². The lowest BCUT2D eigenvalue weighted by Gasteiger charge is -2.35. The van der Waals surface area contributed by atoms with Crippen LogP contribution in [0.4, 0.5) is 4.39 Å². The van der Waals surface area contributed by atoms with Gasteiger partial charge in [-0.25, -0.2) is 12.8 Å². The molecule has 19 heavy (non-hydrogen) atoms. The average molecular weight is 283 g/mol. The number of aromatic amines is 1. The zero-order chi connectivity index (χ0) is 14.3. The molecule has 0 radical (unpaired) electrons. The highest BCUT2D eigenvalue weighted by molar-refractivity contribution is 7.91. The van der Waals surface area contributed by atoms with E-state index in [9.17, 15) is 13.2 Å². The van der Waals surface area contributed by atoms with Crippen molar-refractivity contribution >= 4 is 9.84 Å². The van der Waals surface area contributed by atoms with Gasteiger partial charge in [-0.05, 0) is 6.07 Å². The first-order valence-corrected chi connectivity index (χ1v) is 7.70. The van der Waals surface area contributed by atoms with Crippen molar-refractivity contribution in [1.82, 2.24) is 4.98 Å². The highest BCUT2D eigenvalue weighted by Gasteiger charge is 2.46. The normalized spacial score (nSPS) is 29.6. The van der Waals surface area contributed by atoms with Gasteiger partial charge in [0.2, 0.25) is 0 Å². The minimum Gasteiger partial charge on any atom is -0.328 e. The summed E-state index contributed by atoms with van der Waals surface area (Å²) in [6, 6.07) is 1.33. The van der Waals surface area contributed by atoms with Crippen LogP contribution >= 0.6 is 0 Å². The van der Waals surface area contributed by atoms with Crippen LogP contribution < -0.4 is 5.56 Å². The van der Waals surface area contributed by atoms with Gasteiger partial charge in [-0.3, -0.25) is 4.79 Å². The second kappa shape index (κ2) is 4.49. The van der Waals surface area contributed by atoms with E-state index in [2.05, 4.69) is 10.9 Å². The van der Waals surface area contributed by atoms with Gasteiger partial charge < -0.3 is 4.98 Å². The smallest absolute Gasteiger partial charge is 0.254 e. The number of halogens is 1. The van der Waals surface area contributed by atoms with Crippen LogP contribution in [-0.4, -0.2) is 24.9 Å². The Balaban J connectivity index is 2.52. The fourth-order valence-corrected chi connectivity index (χ4v) is 4.22. The number of terminal acetylenes is 1. The summed E-state index contributed by atoms with van der Waals surface area (Å²) in [4.78, 5) is 14.2. The highest BCUT2D eigenvalue weighted by Crippen LogP contribution is 2.40. The summed E-state index contributed by atoms with van der Waals surface area (Å²) in [6.45, 7) is 1.50. The molecule has 1 fully saturated rings. The van der Waals surface area contributed by atoms with Crippen molar-refractivity contribution in [2.24, 2.45) is 5.92 Å². The largest absolute Gasteiger partial charge is 0.328 e. The predicted molar refractivity (Wildman–Crippen MR) is 70.2 cm³/mol. The van der Waals surface area contributed by atoms with E-state index in [1.165, 1.54) is 19.2 Å². The van der Waals surface area contributed by atoms with Crippen LogP contribution in [0.25, 0.3) is 0 Å². The maximum Gasteiger partial charge on any atom is 0.254 e. The first-order chi connectivity index (χ1) is 8.78. The van der Waals surface area contributed by atoms with Gasteiger partial charge in [-0.15, -0.1) is 6.42 Å². The van der Waals surface area contributed by atoms with Gasteiger partial charge in [-0.1, -0.05) is 12.8 Å². The number of hydrogen-bond acceptors (Lipinski definition) is 3. The van der Waals surface area contributed by atoms with Crippen LogP contribution in [0.5, 0.6) is 0 Å². The van der Waals surface area contributed by atoms with Crippen LogP contribution in [0.1, 0.15) is 24.5 Å². The van der Waals surface area contributed by atoms with Crippen molar-refractivity contribution in [3.8, 4) is 12.3 Å². The Hall–Kier alpha value is -1.61. The van der Waals surface area contributed by atoms with Crippen molar-refractivity contribution in [2.45, 2.75) is 19.0 Å². The Morgan fingerprint density at radius 2 is 2.26 bits per heavy atom. The van der Waals surface area contributed by atoms with Crippen LogP contribution in [0.3, 0.4) is 0 Å². The molecule has 1 aromatic rings. The molecule has 0 aromatic carbocycles. The number of aromatic nitrogens is 1. The third kappa shape index (κ3) is 2.43. The quantitative estimate of drug-likeness (QED) is 0.781. The van der Waals surface area contributed by atoms with Crippen molar-refractivity contribution in [3.05, 3.63) is 33.7 Å². The lowest BCUT2D eigenvalue weighted by atomic mass is 9.82. The standard InChI is InChI=1S/C13H14FNO3S/c1-3-10-6-11(12(16)15-7-10)13(14)4-5-19(17,18)8-9(13)2/h1,6-7,9H,4-5,8H2,2H3,(H,15,16)/t9-,13+/m0/s1. The SMILES string of the molecule is C#Cc1c[nH]c(=O)c([C@@]2(F)CCS(=O)(=O)C[C@@H]2C)c1. The molecular formula is C13H14FNO3S. The summed E-state index contributed by atoms with van der Waals surface area (Å²) < 4.78 is 38.1. The topological polar surface area (TPSA) is 67.0 Å². The van der Waals surface area contributed by atoms with E-state index < -0.39 is 27.0 Å². The molecule has 1 aromatic heterocycles. The second-order valence-corrected chi connectivity index (χ2v) is 7.13. The molecule has 1 saturated heterocycles. The number of alkyl halides is 1. The summed E-state index contributed by atoms with van der Waals surface area (Å²) in [5.74, 6) is 1.03. The van der Waals surface area contributed by atoms with Crippen LogP contribution in [0.15, 0.2) is 17.1 Å². The Morgan fingerprint density at radius 1 is 1.58 bits per heavy atom. The van der Waals surface area contributed by atoms with Crippen molar-refractivity contribution in [3.63, 3.8) is 0 Å². The van der Waals surface area contributed by atoms with Gasteiger partial charge in [0.25, 0.3) is 5.56 Å². The van der Waals surface area contributed by atoms with E-state index in [1.807, 2.05) is 0 Å². The molecule has 1 aliphatic rings. The zero-order valence-corrected chi connectivity index (χ0v) is 11.3. The summed E-state index contributed by atoms with van der Waals surface area (Å²) in [5.41, 5.74) is -2.23. The molecule has 1 aliphatic heterocycles. The van der Waals surface area contributed by atoms with Crippen molar-refractivity contribution in [2.75, 3.05) is 11.5 Å². The maximum absolute atomic E-state index is 15.1. The molecule has 2 atom stereocenters. The third-order valence-corrected chi connectivity index (χ3v) is 5.41. The molecule has 0 saturated carbocycles. The van der Waals surface area contributed by atoms with Gasteiger partial charge in [0.15, 0.2) is 9.84 Å². The summed E-state index contributed by atoms with van der Waals surface area (Å²) in [7, 11) is -3.23. The molecule has 0 unspecified atom stereocenters. The molecule has 6 heteroatoms. The lowest BCUT2D eigenvalue weighted by Crippen LogP contribution is -2.44.